The summed E-state index contributed by atoms with van der Waals surface area (Å²) in [6, 6.07) is 15.2. The second-order valence-corrected chi connectivity index (χ2v) is 7.94. The largest absolute Gasteiger partial charge is 0.381 e. The predicted octanol–water partition coefficient (Wildman–Crippen LogP) is 3.38. The molecule has 0 aliphatic carbocycles. The Kier molecular flexibility index (Phi) is 6.17. The van der Waals surface area contributed by atoms with Crippen molar-refractivity contribution in [2.75, 3.05) is 39.4 Å². The zero-order valence-electron chi connectivity index (χ0n) is 16.2. The second kappa shape index (κ2) is 8.96. The van der Waals surface area contributed by atoms with Gasteiger partial charge in [0, 0.05) is 63.9 Å². The van der Waals surface area contributed by atoms with E-state index in [1.165, 1.54) is 30.6 Å². The number of aromatic nitrogens is 1. The molecule has 0 N–H and O–H groups in total. The van der Waals surface area contributed by atoms with Gasteiger partial charge in [0.15, 0.2) is 0 Å². The maximum absolute atomic E-state index is 5.72. The average Bonchev–Trinajstić information content (AvgIpc) is 2.75. The molecule has 0 saturated carbocycles. The van der Waals surface area contributed by atoms with Crippen molar-refractivity contribution in [1.29, 1.82) is 0 Å². The number of hydrogen-bond donors (Lipinski definition) is 0. The zero-order chi connectivity index (χ0) is 18.4. The summed E-state index contributed by atoms with van der Waals surface area (Å²) in [6.07, 6.45) is 8.50. The minimum absolute atomic E-state index is 0.306. The van der Waals surface area contributed by atoms with Crippen LogP contribution >= 0.6 is 0 Å². The summed E-state index contributed by atoms with van der Waals surface area (Å²) in [5.41, 5.74) is 3.13. The van der Waals surface area contributed by atoms with E-state index in [1.54, 1.807) is 0 Å². The standard InChI is InChI=1S/C23H31N3O/c1-2-4-22(5-3-1)20-25-14-16-26(17-15-25)23(10-18-27-19-11-23)9-6-21-7-12-24-13-8-21/h1-5,7-8,12-13H,6,9-11,14-20H2. The molecule has 0 unspecified atom stereocenters. The Morgan fingerprint density at radius 1 is 0.852 bits per heavy atom. The van der Waals surface area contributed by atoms with Crippen LogP contribution in [0.4, 0.5) is 0 Å². The lowest BCUT2D eigenvalue weighted by atomic mass is 9.82. The normalized spacial score (nSPS) is 21.2. The van der Waals surface area contributed by atoms with E-state index in [0.29, 0.717) is 5.54 Å². The summed E-state index contributed by atoms with van der Waals surface area (Å²) in [5, 5.41) is 0. The van der Waals surface area contributed by atoms with Gasteiger partial charge >= 0.3 is 0 Å². The number of nitrogens with zero attached hydrogens (tertiary/aromatic N) is 3. The lowest BCUT2D eigenvalue weighted by Crippen LogP contribution is -2.59. The van der Waals surface area contributed by atoms with E-state index in [9.17, 15) is 0 Å². The fourth-order valence-electron chi connectivity index (χ4n) is 4.62. The molecular weight excluding hydrogens is 334 g/mol. The molecule has 2 saturated heterocycles. The average molecular weight is 366 g/mol. The van der Waals surface area contributed by atoms with Gasteiger partial charge in [-0.2, -0.15) is 0 Å². The molecule has 2 aliphatic rings. The number of aryl methyl sites for hydroxylation is 1. The third kappa shape index (κ3) is 4.75. The summed E-state index contributed by atoms with van der Waals surface area (Å²) in [5.74, 6) is 0. The van der Waals surface area contributed by atoms with Gasteiger partial charge < -0.3 is 4.74 Å². The highest BCUT2D eigenvalue weighted by Crippen LogP contribution is 2.33. The fourth-order valence-corrected chi connectivity index (χ4v) is 4.62. The Morgan fingerprint density at radius 2 is 1.56 bits per heavy atom. The predicted molar refractivity (Wildman–Crippen MR) is 109 cm³/mol. The van der Waals surface area contributed by atoms with Crippen molar-refractivity contribution >= 4 is 0 Å². The van der Waals surface area contributed by atoms with Gasteiger partial charge in [-0.15, -0.1) is 0 Å². The van der Waals surface area contributed by atoms with Gasteiger partial charge in [-0.3, -0.25) is 14.8 Å². The molecule has 0 atom stereocenters. The van der Waals surface area contributed by atoms with Crippen LogP contribution in [-0.4, -0.2) is 59.7 Å². The molecule has 3 heterocycles. The van der Waals surface area contributed by atoms with Gasteiger partial charge in [0.1, 0.15) is 0 Å². The highest BCUT2D eigenvalue weighted by molar-refractivity contribution is 5.15. The Bertz CT molecular complexity index is 677. The summed E-state index contributed by atoms with van der Waals surface area (Å²) in [4.78, 5) is 9.53. The first-order valence-electron chi connectivity index (χ1n) is 10.3. The van der Waals surface area contributed by atoms with Crippen molar-refractivity contribution in [3.63, 3.8) is 0 Å². The highest BCUT2D eigenvalue weighted by atomic mass is 16.5. The lowest BCUT2D eigenvalue weighted by Gasteiger charge is -2.50. The minimum Gasteiger partial charge on any atom is -0.381 e. The van der Waals surface area contributed by atoms with Gasteiger partial charge in [0.25, 0.3) is 0 Å². The Labute approximate surface area is 163 Å². The molecule has 27 heavy (non-hydrogen) atoms. The molecule has 4 nitrogen and oxygen atoms in total. The molecule has 1 aromatic heterocycles. The van der Waals surface area contributed by atoms with Gasteiger partial charge in [-0.25, -0.2) is 0 Å². The van der Waals surface area contributed by atoms with Gasteiger partial charge in [-0.1, -0.05) is 30.3 Å². The van der Waals surface area contributed by atoms with E-state index in [0.717, 1.165) is 52.1 Å². The maximum atomic E-state index is 5.72. The van der Waals surface area contributed by atoms with Crippen molar-refractivity contribution in [1.82, 2.24) is 14.8 Å². The van der Waals surface area contributed by atoms with Crippen LogP contribution in [-0.2, 0) is 17.7 Å². The Balaban J connectivity index is 1.36. The first kappa shape index (κ1) is 18.6. The molecule has 2 fully saturated rings. The van der Waals surface area contributed by atoms with Crippen molar-refractivity contribution in [3.8, 4) is 0 Å². The van der Waals surface area contributed by atoms with Crippen molar-refractivity contribution < 1.29 is 4.74 Å². The van der Waals surface area contributed by atoms with E-state index < -0.39 is 0 Å². The summed E-state index contributed by atoms with van der Waals surface area (Å²) in [6.45, 7) is 7.54. The number of hydrogen-bond acceptors (Lipinski definition) is 4. The molecule has 4 heteroatoms. The van der Waals surface area contributed by atoms with Crippen LogP contribution < -0.4 is 0 Å². The van der Waals surface area contributed by atoms with Crippen LogP contribution in [0.5, 0.6) is 0 Å². The lowest BCUT2D eigenvalue weighted by molar-refractivity contribution is -0.0521. The Hall–Kier alpha value is -1.75. The van der Waals surface area contributed by atoms with Gasteiger partial charge in [-0.05, 0) is 48.9 Å². The van der Waals surface area contributed by atoms with Crippen LogP contribution in [0.25, 0.3) is 0 Å². The third-order valence-electron chi connectivity index (χ3n) is 6.34. The van der Waals surface area contributed by atoms with Gasteiger partial charge in [0.2, 0.25) is 0 Å². The van der Waals surface area contributed by atoms with E-state index >= 15 is 0 Å². The molecule has 4 rings (SSSR count). The third-order valence-corrected chi connectivity index (χ3v) is 6.34. The number of ether oxygens (including phenoxy) is 1. The molecular formula is C23H31N3O. The molecule has 0 spiro atoms. The van der Waals surface area contributed by atoms with Crippen LogP contribution in [0, 0.1) is 0 Å². The number of pyridine rings is 1. The molecule has 144 valence electrons. The van der Waals surface area contributed by atoms with Crippen LogP contribution in [0.2, 0.25) is 0 Å². The molecule has 1 aromatic carbocycles. The number of piperazine rings is 1. The van der Waals surface area contributed by atoms with E-state index in [2.05, 4.69) is 57.2 Å². The van der Waals surface area contributed by atoms with E-state index in [4.69, 9.17) is 4.74 Å². The van der Waals surface area contributed by atoms with Gasteiger partial charge in [0.05, 0.1) is 0 Å². The van der Waals surface area contributed by atoms with Crippen molar-refractivity contribution in [3.05, 3.63) is 66.0 Å². The SMILES string of the molecule is c1ccc(CN2CCN(C3(CCc4ccncc4)CCOCC3)CC2)cc1. The molecule has 2 aliphatic heterocycles. The minimum atomic E-state index is 0.306. The fraction of sp³-hybridized carbons (Fsp3) is 0.522. The smallest absolute Gasteiger partial charge is 0.0483 e. The van der Waals surface area contributed by atoms with Crippen LogP contribution in [0.3, 0.4) is 0 Å². The van der Waals surface area contributed by atoms with Crippen LogP contribution in [0.15, 0.2) is 54.9 Å². The van der Waals surface area contributed by atoms with E-state index in [-0.39, 0.29) is 0 Å². The van der Waals surface area contributed by atoms with E-state index in [1.807, 2.05) is 12.4 Å². The van der Waals surface area contributed by atoms with Crippen molar-refractivity contribution in [2.45, 2.75) is 37.8 Å². The molecule has 0 bridgehead atoms. The van der Waals surface area contributed by atoms with Crippen LogP contribution in [0.1, 0.15) is 30.4 Å². The quantitative estimate of drug-likeness (QED) is 0.785. The molecule has 0 radical (unpaired) electrons. The summed E-state index contributed by atoms with van der Waals surface area (Å²) in [7, 11) is 0. The number of rotatable bonds is 6. The topological polar surface area (TPSA) is 28.6 Å². The first-order chi connectivity index (χ1) is 13.3. The monoisotopic (exact) mass is 365 g/mol. The summed E-state index contributed by atoms with van der Waals surface area (Å²) < 4.78 is 5.72. The summed E-state index contributed by atoms with van der Waals surface area (Å²) >= 11 is 0. The molecule has 0 amide bonds. The highest BCUT2D eigenvalue weighted by Gasteiger charge is 2.39. The number of benzene rings is 1. The molecule has 2 aromatic rings. The first-order valence-corrected chi connectivity index (χ1v) is 10.3. The maximum Gasteiger partial charge on any atom is 0.0483 e. The van der Waals surface area contributed by atoms with Crippen molar-refractivity contribution in [2.24, 2.45) is 0 Å². The zero-order valence-corrected chi connectivity index (χ0v) is 16.2. The Morgan fingerprint density at radius 3 is 2.26 bits per heavy atom. The second-order valence-electron chi connectivity index (χ2n) is 7.94.